The van der Waals surface area contributed by atoms with Crippen molar-refractivity contribution < 1.29 is 4.79 Å². The van der Waals surface area contributed by atoms with Crippen molar-refractivity contribution in [3.05, 3.63) is 34.2 Å². The zero-order valence-electron chi connectivity index (χ0n) is 11.7. The molecular formula is C14H20N4O2. The lowest BCUT2D eigenvalue weighted by Crippen LogP contribution is -2.32. The predicted octanol–water partition coefficient (Wildman–Crippen LogP) is 1.16. The molecule has 2 rings (SSSR count). The summed E-state index contributed by atoms with van der Waals surface area (Å²) < 4.78 is 0. The van der Waals surface area contributed by atoms with E-state index >= 15 is 0 Å². The second kappa shape index (κ2) is 5.92. The summed E-state index contributed by atoms with van der Waals surface area (Å²) in [6.45, 7) is 3.86. The molecule has 0 aliphatic heterocycles. The van der Waals surface area contributed by atoms with E-state index in [-0.39, 0.29) is 23.7 Å². The van der Waals surface area contributed by atoms with Gasteiger partial charge in [0.15, 0.2) is 0 Å². The van der Waals surface area contributed by atoms with Crippen molar-refractivity contribution in [1.82, 2.24) is 15.3 Å². The molecule has 1 aromatic heterocycles. The van der Waals surface area contributed by atoms with Crippen molar-refractivity contribution in [2.24, 2.45) is 5.73 Å². The summed E-state index contributed by atoms with van der Waals surface area (Å²) in [5, 5.41) is 2.91. The van der Waals surface area contributed by atoms with Gasteiger partial charge in [-0.1, -0.05) is 13.0 Å². The molecule has 2 aromatic rings. The number of rotatable bonds is 5. The molecule has 0 saturated carbocycles. The first-order chi connectivity index (χ1) is 9.49. The Bertz CT molecular complexity index is 658. The van der Waals surface area contributed by atoms with Crippen LogP contribution in [0.2, 0.25) is 0 Å². The van der Waals surface area contributed by atoms with E-state index in [4.69, 9.17) is 5.73 Å². The number of hydrogen-bond acceptors (Lipinski definition) is 3. The van der Waals surface area contributed by atoms with Gasteiger partial charge in [-0.05, 0) is 31.0 Å². The van der Waals surface area contributed by atoms with Crippen molar-refractivity contribution >= 4 is 16.9 Å². The van der Waals surface area contributed by atoms with Crippen LogP contribution in [0.15, 0.2) is 23.0 Å². The van der Waals surface area contributed by atoms with Gasteiger partial charge in [0.2, 0.25) is 5.91 Å². The van der Waals surface area contributed by atoms with Crippen LogP contribution >= 0.6 is 0 Å². The van der Waals surface area contributed by atoms with E-state index in [0.717, 1.165) is 23.0 Å². The Morgan fingerprint density at radius 2 is 2.05 bits per heavy atom. The molecule has 2 atom stereocenters. The Labute approximate surface area is 116 Å². The molecule has 108 valence electrons. The molecule has 0 radical (unpaired) electrons. The number of H-pyrrole nitrogens is 2. The van der Waals surface area contributed by atoms with Crippen molar-refractivity contribution in [1.29, 1.82) is 0 Å². The van der Waals surface area contributed by atoms with Crippen LogP contribution in [0.5, 0.6) is 0 Å². The number of benzene rings is 1. The monoisotopic (exact) mass is 276 g/mol. The molecule has 0 bridgehead atoms. The van der Waals surface area contributed by atoms with Gasteiger partial charge in [-0.15, -0.1) is 0 Å². The van der Waals surface area contributed by atoms with Crippen molar-refractivity contribution in [3.63, 3.8) is 0 Å². The molecule has 0 fully saturated rings. The summed E-state index contributed by atoms with van der Waals surface area (Å²) in [5.74, 6) is -0.0606. The number of aromatic nitrogens is 2. The second-order valence-electron chi connectivity index (χ2n) is 5.05. The highest BCUT2D eigenvalue weighted by atomic mass is 16.1. The number of amides is 1. The Balaban J connectivity index is 2.08. The van der Waals surface area contributed by atoms with Crippen LogP contribution in [0, 0.1) is 0 Å². The Kier molecular flexibility index (Phi) is 4.24. The lowest BCUT2D eigenvalue weighted by atomic mass is 10.1. The molecule has 0 aliphatic rings. The maximum atomic E-state index is 11.8. The maximum Gasteiger partial charge on any atom is 0.323 e. The summed E-state index contributed by atoms with van der Waals surface area (Å²) in [7, 11) is 0. The van der Waals surface area contributed by atoms with Crippen LogP contribution in [0.3, 0.4) is 0 Å². The first-order valence-electron chi connectivity index (χ1n) is 6.76. The average molecular weight is 276 g/mol. The number of imidazole rings is 1. The highest BCUT2D eigenvalue weighted by Gasteiger charge is 2.13. The fourth-order valence-electron chi connectivity index (χ4n) is 2.09. The summed E-state index contributed by atoms with van der Waals surface area (Å²) in [6.07, 6.45) is 1.10. The van der Waals surface area contributed by atoms with Gasteiger partial charge in [-0.2, -0.15) is 0 Å². The molecule has 6 heteroatoms. The highest BCUT2D eigenvalue weighted by Crippen LogP contribution is 2.17. The van der Waals surface area contributed by atoms with Crippen molar-refractivity contribution in [2.75, 3.05) is 0 Å². The van der Waals surface area contributed by atoms with Gasteiger partial charge in [0, 0.05) is 12.5 Å². The molecule has 6 nitrogen and oxygen atoms in total. The number of fused-ring (bicyclic) bond motifs is 1. The van der Waals surface area contributed by atoms with Crippen molar-refractivity contribution in [2.45, 2.75) is 38.8 Å². The molecule has 1 amide bonds. The van der Waals surface area contributed by atoms with Gasteiger partial charge >= 0.3 is 5.69 Å². The van der Waals surface area contributed by atoms with Gasteiger partial charge in [0.25, 0.3) is 0 Å². The van der Waals surface area contributed by atoms with Gasteiger partial charge in [0.1, 0.15) is 0 Å². The van der Waals surface area contributed by atoms with Gasteiger partial charge in [-0.3, -0.25) is 4.79 Å². The molecule has 2 unspecified atom stereocenters. The van der Waals surface area contributed by atoms with E-state index in [1.807, 2.05) is 32.0 Å². The molecule has 0 spiro atoms. The second-order valence-corrected chi connectivity index (χ2v) is 5.05. The zero-order chi connectivity index (χ0) is 14.7. The number of nitrogens with one attached hydrogen (secondary N) is 3. The number of carbonyl (C=O) groups is 1. The van der Waals surface area contributed by atoms with E-state index in [2.05, 4.69) is 15.3 Å². The van der Waals surface area contributed by atoms with Crippen LogP contribution in [-0.4, -0.2) is 21.9 Å². The molecule has 0 aliphatic carbocycles. The number of aromatic amines is 2. The largest absolute Gasteiger partial charge is 0.350 e. The van der Waals surface area contributed by atoms with E-state index in [0.29, 0.717) is 6.42 Å². The smallest absolute Gasteiger partial charge is 0.323 e. The quantitative estimate of drug-likeness (QED) is 0.658. The van der Waals surface area contributed by atoms with Gasteiger partial charge in [0.05, 0.1) is 17.1 Å². The fourth-order valence-corrected chi connectivity index (χ4v) is 2.09. The SMILES string of the molecule is CCC(N)CC(=O)NC(C)c1ccc2[nH]c(=O)[nH]c2c1. The average Bonchev–Trinajstić information content (AvgIpc) is 2.77. The van der Waals surface area contributed by atoms with Gasteiger partial charge in [-0.25, -0.2) is 4.79 Å². The number of carbonyl (C=O) groups excluding carboxylic acids is 1. The third kappa shape index (κ3) is 3.27. The van der Waals surface area contributed by atoms with Crippen LogP contribution in [-0.2, 0) is 4.79 Å². The van der Waals surface area contributed by atoms with E-state index in [1.54, 1.807) is 0 Å². The van der Waals surface area contributed by atoms with Crippen LogP contribution < -0.4 is 16.7 Å². The van der Waals surface area contributed by atoms with Crippen LogP contribution in [0.4, 0.5) is 0 Å². The summed E-state index contributed by atoms with van der Waals surface area (Å²) >= 11 is 0. The third-order valence-electron chi connectivity index (χ3n) is 3.39. The molecule has 1 heterocycles. The minimum atomic E-state index is -0.234. The van der Waals surface area contributed by atoms with Crippen LogP contribution in [0.25, 0.3) is 11.0 Å². The van der Waals surface area contributed by atoms with Crippen LogP contribution in [0.1, 0.15) is 38.3 Å². The van der Waals surface area contributed by atoms with Crippen molar-refractivity contribution in [3.8, 4) is 0 Å². The first kappa shape index (κ1) is 14.3. The Hall–Kier alpha value is -2.08. The Morgan fingerprint density at radius 3 is 2.75 bits per heavy atom. The van der Waals surface area contributed by atoms with Gasteiger partial charge < -0.3 is 21.0 Å². The molecule has 1 aromatic carbocycles. The standard InChI is InChI=1S/C14H20N4O2/c1-3-10(15)7-13(19)16-8(2)9-4-5-11-12(6-9)18-14(20)17-11/h4-6,8,10H,3,7,15H2,1-2H3,(H,16,19)(H2,17,18,20). The minimum Gasteiger partial charge on any atom is -0.350 e. The normalized spacial score (nSPS) is 14.2. The number of hydrogen-bond donors (Lipinski definition) is 4. The topological polar surface area (TPSA) is 104 Å². The summed E-state index contributed by atoms with van der Waals surface area (Å²) in [6, 6.07) is 5.33. The highest BCUT2D eigenvalue weighted by molar-refractivity contribution is 5.78. The first-order valence-corrected chi connectivity index (χ1v) is 6.76. The predicted molar refractivity (Wildman–Crippen MR) is 78.4 cm³/mol. The zero-order valence-corrected chi connectivity index (χ0v) is 11.7. The Morgan fingerprint density at radius 1 is 1.35 bits per heavy atom. The van der Waals surface area contributed by atoms with E-state index in [1.165, 1.54) is 0 Å². The summed E-state index contributed by atoms with van der Waals surface area (Å²) in [4.78, 5) is 28.4. The minimum absolute atomic E-state index is 0.0606. The molecular weight excluding hydrogens is 256 g/mol. The fraction of sp³-hybridized carbons (Fsp3) is 0.429. The van der Waals surface area contributed by atoms with E-state index < -0.39 is 0 Å². The molecule has 0 saturated heterocycles. The lowest BCUT2D eigenvalue weighted by molar-refractivity contribution is -0.122. The maximum absolute atomic E-state index is 11.8. The third-order valence-corrected chi connectivity index (χ3v) is 3.39. The number of nitrogens with two attached hydrogens (primary N) is 1. The van der Waals surface area contributed by atoms with E-state index in [9.17, 15) is 9.59 Å². The lowest BCUT2D eigenvalue weighted by Gasteiger charge is -2.16. The molecule has 5 N–H and O–H groups in total. The molecule has 20 heavy (non-hydrogen) atoms. The summed E-state index contributed by atoms with van der Waals surface area (Å²) in [5.41, 5.74) is 7.95.